The van der Waals surface area contributed by atoms with Crippen molar-refractivity contribution in [2.24, 2.45) is 0 Å². The quantitative estimate of drug-likeness (QED) is 0.557. The molecular formula is C11H25NO2. The van der Waals surface area contributed by atoms with Crippen molar-refractivity contribution in [3.8, 4) is 0 Å². The molecule has 0 heterocycles. The fraction of sp³-hybridized carbons (Fsp3) is 1.00. The van der Waals surface area contributed by atoms with Gasteiger partial charge in [-0.05, 0) is 19.3 Å². The van der Waals surface area contributed by atoms with Crippen LogP contribution in [-0.2, 0) is 0 Å². The minimum Gasteiger partial charge on any atom is -0.392 e. The van der Waals surface area contributed by atoms with Crippen LogP contribution in [-0.4, -0.2) is 35.0 Å². The van der Waals surface area contributed by atoms with E-state index in [9.17, 15) is 10.2 Å². The van der Waals surface area contributed by atoms with Crippen LogP contribution in [0.5, 0.6) is 0 Å². The molecule has 0 aliphatic carbocycles. The van der Waals surface area contributed by atoms with Crippen molar-refractivity contribution in [2.45, 2.75) is 58.2 Å². The minimum atomic E-state index is -0.605. The van der Waals surface area contributed by atoms with Crippen molar-refractivity contribution in [3.05, 3.63) is 0 Å². The molecule has 0 aromatic carbocycles. The molecule has 0 bridgehead atoms. The van der Waals surface area contributed by atoms with Crippen LogP contribution in [0, 0.1) is 0 Å². The summed E-state index contributed by atoms with van der Waals surface area (Å²) in [5.41, 5.74) is -0.605. The van der Waals surface area contributed by atoms with E-state index in [0.717, 1.165) is 25.7 Å². The number of aliphatic hydroxyl groups excluding tert-OH is 1. The van der Waals surface area contributed by atoms with Crippen LogP contribution in [0.15, 0.2) is 0 Å². The Labute approximate surface area is 87.5 Å². The highest BCUT2D eigenvalue weighted by Crippen LogP contribution is 2.12. The molecule has 0 saturated carbocycles. The fourth-order valence-corrected chi connectivity index (χ4v) is 1.41. The van der Waals surface area contributed by atoms with Gasteiger partial charge in [0.05, 0.1) is 11.7 Å². The molecule has 0 amide bonds. The molecule has 3 heteroatoms. The molecule has 0 rings (SSSR count). The fourth-order valence-electron chi connectivity index (χ4n) is 1.41. The first-order chi connectivity index (χ1) is 6.58. The van der Waals surface area contributed by atoms with Crippen molar-refractivity contribution < 1.29 is 10.2 Å². The summed E-state index contributed by atoms with van der Waals surface area (Å²) in [7, 11) is 0. The smallest absolute Gasteiger partial charge is 0.0766 e. The van der Waals surface area contributed by atoms with E-state index in [2.05, 4.69) is 12.2 Å². The molecule has 14 heavy (non-hydrogen) atoms. The first-order valence-corrected chi connectivity index (χ1v) is 5.69. The van der Waals surface area contributed by atoms with Gasteiger partial charge in [-0.25, -0.2) is 0 Å². The summed E-state index contributed by atoms with van der Waals surface area (Å²) in [6.07, 6.45) is 3.04. The Kier molecular flexibility index (Phi) is 7.15. The Morgan fingerprint density at radius 3 is 2.21 bits per heavy atom. The minimum absolute atomic E-state index is 0.280. The molecule has 3 N–H and O–H groups in total. The molecule has 0 spiro atoms. The first-order valence-electron chi connectivity index (χ1n) is 5.69. The molecule has 0 saturated heterocycles. The molecule has 0 aliphatic heterocycles. The van der Waals surface area contributed by atoms with Gasteiger partial charge in [-0.1, -0.05) is 27.2 Å². The average Bonchev–Trinajstić information content (AvgIpc) is 2.18. The van der Waals surface area contributed by atoms with Crippen LogP contribution in [0.25, 0.3) is 0 Å². The van der Waals surface area contributed by atoms with Crippen LogP contribution in [0.1, 0.15) is 46.5 Å². The normalized spacial score (nSPS) is 14.4. The zero-order chi connectivity index (χ0) is 11.0. The first kappa shape index (κ1) is 13.9. The molecule has 86 valence electrons. The number of nitrogens with one attached hydrogen (secondary N) is 1. The van der Waals surface area contributed by atoms with Gasteiger partial charge >= 0.3 is 0 Å². The highest BCUT2D eigenvalue weighted by Gasteiger charge is 2.21. The monoisotopic (exact) mass is 203 g/mol. The Morgan fingerprint density at radius 1 is 1.21 bits per heavy atom. The maximum atomic E-state index is 9.93. The predicted octanol–water partition coefficient (Wildman–Crippen LogP) is 1.29. The second kappa shape index (κ2) is 7.21. The lowest BCUT2D eigenvalue weighted by atomic mass is 9.97. The third-order valence-corrected chi connectivity index (χ3v) is 2.77. The summed E-state index contributed by atoms with van der Waals surface area (Å²) in [4.78, 5) is 0. The van der Waals surface area contributed by atoms with Crippen LogP contribution < -0.4 is 5.32 Å². The predicted molar refractivity (Wildman–Crippen MR) is 59.3 cm³/mol. The van der Waals surface area contributed by atoms with Gasteiger partial charge in [-0.2, -0.15) is 0 Å². The highest BCUT2D eigenvalue weighted by atomic mass is 16.3. The van der Waals surface area contributed by atoms with E-state index in [4.69, 9.17) is 0 Å². The number of rotatable bonds is 8. The summed E-state index contributed by atoms with van der Waals surface area (Å²) in [5.74, 6) is 0. The van der Waals surface area contributed by atoms with Crippen molar-refractivity contribution >= 4 is 0 Å². The largest absolute Gasteiger partial charge is 0.392 e. The van der Waals surface area contributed by atoms with E-state index in [1.807, 2.05) is 13.8 Å². The van der Waals surface area contributed by atoms with Crippen molar-refractivity contribution in [3.63, 3.8) is 0 Å². The van der Waals surface area contributed by atoms with Gasteiger partial charge in [0.15, 0.2) is 0 Å². The molecule has 1 atom stereocenters. The zero-order valence-corrected chi connectivity index (χ0v) is 9.71. The van der Waals surface area contributed by atoms with Crippen molar-refractivity contribution in [1.29, 1.82) is 0 Å². The van der Waals surface area contributed by atoms with E-state index in [1.165, 1.54) is 0 Å². The van der Waals surface area contributed by atoms with Crippen molar-refractivity contribution in [2.75, 3.05) is 13.1 Å². The highest BCUT2D eigenvalue weighted by molar-refractivity contribution is 4.78. The SMILES string of the molecule is CCCC(O)CNCC(O)(CC)CC. The van der Waals surface area contributed by atoms with Gasteiger partial charge < -0.3 is 15.5 Å². The summed E-state index contributed by atoms with van der Waals surface area (Å²) < 4.78 is 0. The number of aliphatic hydroxyl groups is 2. The van der Waals surface area contributed by atoms with Gasteiger partial charge in [-0.15, -0.1) is 0 Å². The third kappa shape index (κ3) is 5.58. The van der Waals surface area contributed by atoms with Crippen molar-refractivity contribution in [1.82, 2.24) is 5.32 Å². The molecule has 3 nitrogen and oxygen atoms in total. The van der Waals surface area contributed by atoms with Gasteiger partial charge in [0.25, 0.3) is 0 Å². The van der Waals surface area contributed by atoms with Crippen LogP contribution >= 0.6 is 0 Å². The molecule has 0 fully saturated rings. The summed E-state index contributed by atoms with van der Waals surface area (Å²) in [6, 6.07) is 0. The van der Waals surface area contributed by atoms with E-state index >= 15 is 0 Å². The van der Waals surface area contributed by atoms with Gasteiger partial charge in [-0.3, -0.25) is 0 Å². The molecule has 0 aromatic rings. The average molecular weight is 203 g/mol. The van der Waals surface area contributed by atoms with Gasteiger partial charge in [0.2, 0.25) is 0 Å². The Morgan fingerprint density at radius 2 is 1.79 bits per heavy atom. The number of hydrogen-bond acceptors (Lipinski definition) is 3. The molecule has 0 radical (unpaired) electrons. The lowest BCUT2D eigenvalue weighted by Gasteiger charge is -2.26. The second-order valence-corrected chi connectivity index (χ2v) is 4.00. The maximum Gasteiger partial charge on any atom is 0.0766 e. The molecule has 0 aliphatic rings. The van der Waals surface area contributed by atoms with Crippen LogP contribution in [0.3, 0.4) is 0 Å². The topological polar surface area (TPSA) is 52.5 Å². The second-order valence-electron chi connectivity index (χ2n) is 4.00. The summed E-state index contributed by atoms with van der Waals surface area (Å²) in [5, 5.41) is 22.5. The Bertz CT molecular complexity index is 135. The summed E-state index contributed by atoms with van der Waals surface area (Å²) >= 11 is 0. The molecule has 1 unspecified atom stereocenters. The van der Waals surface area contributed by atoms with E-state index in [-0.39, 0.29) is 6.10 Å². The molecular weight excluding hydrogens is 178 g/mol. The van der Waals surface area contributed by atoms with E-state index < -0.39 is 5.60 Å². The van der Waals surface area contributed by atoms with E-state index in [1.54, 1.807) is 0 Å². The van der Waals surface area contributed by atoms with Crippen LogP contribution in [0.4, 0.5) is 0 Å². The van der Waals surface area contributed by atoms with Crippen LogP contribution in [0.2, 0.25) is 0 Å². The lowest BCUT2D eigenvalue weighted by Crippen LogP contribution is -2.42. The van der Waals surface area contributed by atoms with E-state index in [0.29, 0.717) is 13.1 Å². The van der Waals surface area contributed by atoms with Gasteiger partial charge in [0, 0.05) is 13.1 Å². The maximum absolute atomic E-state index is 9.93. The lowest BCUT2D eigenvalue weighted by molar-refractivity contribution is 0.0291. The Hall–Kier alpha value is -0.120. The summed E-state index contributed by atoms with van der Waals surface area (Å²) in [6.45, 7) is 7.16. The number of hydrogen-bond donors (Lipinski definition) is 3. The molecule has 0 aromatic heterocycles. The van der Waals surface area contributed by atoms with Gasteiger partial charge in [0.1, 0.15) is 0 Å². The Balaban J connectivity index is 3.61. The standard InChI is InChI=1S/C11H25NO2/c1-4-7-10(13)8-12-9-11(14,5-2)6-3/h10,12-14H,4-9H2,1-3H3. The zero-order valence-electron chi connectivity index (χ0n) is 9.71. The third-order valence-electron chi connectivity index (χ3n) is 2.77.